The number of nitrogen functional groups attached to an aromatic ring is 1. The van der Waals surface area contributed by atoms with E-state index >= 15 is 0 Å². The Kier molecular flexibility index (Phi) is 2.79. The smallest absolute Gasteiger partial charge is 0.264 e. The van der Waals surface area contributed by atoms with Crippen molar-refractivity contribution >= 4 is 22.3 Å². The molecule has 1 aromatic carbocycles. The van der Waals surface area contributed by atoms with Crippen LogP contribution in [0.25, 0.3) is 22.2 Å². The van der Waals surface area contributed by atoms with Gasteiger partial charge in [0.1, 0.15) is 16.7 Å². The molecule has 0 aliphatic heterocycles. The fourth-order valence-electron chi connectivity index (χ4n) is 2.34. The van der Waals surface area contributed by atoms with Crippen LogP contribution in [0.15, 0.2) is 41.7 Å². The monoisotopic (exact) mass is 282 g/mol. The van der Waals surface area contributed by atoms with Crippen molar-refractivity contribution in [2.45, 2.75) is 6.92 Å². The molecule has 3 aromatic rings. The van der Waals surface area contributed by atoms with E-state index in [-0.39, 0.29) is 17.1 Å². The Labute approximate surface area is 120 Å². The Hall–Kier alpha value is -3.02. The molecule has 0 amide bonds. The lowest BCUT2D eigenvalue weighted by molar-refractivity contribution is 0.451. The van der Waals surface area contributed by atoms with Crippen LogP contribution in [0.5, 0.6) is 5.88 Å². The zero-order valence-corrected chi connectivity index (χ0v) is 11.4. The van der Waals surface area contributed by atoms with Crippen LogP contribution in [-0.4, -0.2) is 19.9 Å². The summed E-state index contributed by atoms with van der Waals surface area (Å²) in [7, 11) is 0. The van der Waals surface area contributed by atoms with E-state index in [1.54, 1.807) is 6.92 Å². The highest BCUT2D eigenvalue weighted by atomic mass is 16.3. The molecule has 21 heavy (non-hydrogen) atoms. The highest BCUT2D eigenvalue weighted by molar-refractivity contribution is 5.97. The van der Waals surface area contributed by atoms with Crippen LogP contribution in [0.2, 0.25) is 0 Å². The standard InChI is InChI=1S/C15H14N4O2/c1-8(2)10-12-11(15(21)17-14(10)20)13(16)19(18-12)9-6-4-3-5-7-9/h3-7,20H,1,16H2,2H3,(H,17,21). The largest absolute Gasteiger partial charge is 0.494 e. The molecule has 0 saturated heterocycles. The van der Waals surface area contributed by atoms with Crippen LogP contribution in [0, 0.1) is 0 Å². The Bertz CT molecular complexity index is 907. The summed E-state index contributed by atoms with van der Waals surface area (Å²) in [4.78, 5) is 14.4. The Morgan fingerprint density at radius 1 is 1.38 bits per heavy atom. The quantitative estimate of drug-likeness (QED) is 0.670. The maximum absolute atomic E-state index is 12.1. The third-order valence-corrected chi connectivity index (χ3v) is 3.28. The summed E-state index contributed by atoms with van der Waals surface area (Å²) in [5.41, 5.74) is 7.64. The number of pyridine rings is 1. The predicted molar refractivity (Wildman–Crippen MR) is 82.5 cm³/mol. The lowest BCUT2D eigenvalue weighted by Crippen LogP contribution is -2.09. The molecule has 0 saturated carbocycles. The molecule has 3 rings (SSSR count). The summed E-state index contributed by atoms with van der Waals surface area (Å²) >= 11 is 0. The molecule has 0 atom stereocenters. The van der Waals surface area contributed by atoms with Gasteiger partial charge in [-0.05, 0) is 24.6 Å². The van der Waals surface area contributed by atoms with Gasteiger partial charge in [0.2, 0.25) is 5.88 Å². The number of aromatic hydroxyl groups is 1. The zero-order valence-electron chi connectivity index (χ0n) is 11.4. The molecule has 6 nitrogen and oxygen atoms in total. The van der Waals surface area contributed by atoms with Gasteiger partial charge in [-0.25, -0.2) is 4.68 Å². The first-order chi connectivity index (χ1) is 10.0. The van der Waals surface area contributed by atoms with Gasteiger partial charge < -0.3 is 10.8 Å². The fraction of sp³-hybridized carbons (Fsp3) is 0.0667. The third kappa shape index (κ3) is 1.88. The topological polar surface area (TPSA) is 96.9 Å². The lowest BCUT2D eigenvalue weighted by atomic mass is 10.1. The van der Waals surface area contributed by atoms with Crippen LogP contribution in [0.1, 0.15) is 12.5 Å². The number of H-pyrrole nitrogens is 1. The number of nitrogens with two attached hydrogens (primary N) is 1. The van der Waals surface area contributed by atoms with Crippen LogP contribution >= 0.6 is 0 Å². The third-order valence-electron chi connectivity index (χ3n) is 3.28. The van der Waals surface area contributed by atoms with E-state index in [2.05, 4.69) is 16.7 Å². The summed E-state index contributed by atoms with van der Waals surface area (Å²) < 4.78 is 1.48. The minimum atomic E-state index is -0.479. The summed E-state index contributed by atoms with van der Waals surface area (Å²) in [6, 6.07) is 9.24. The molecule has 0 radical (unpaired) electrons. The number of aromatic amines is 1. The van der Waals surface area contributed by atoms with E-state index in [0.29, 0.717) is 16.7 Å². The van der Waals surface area contributed by atoms with E-state index < -0.39 is 5.56 Å². The summed E-state index contributed by atoms with van der Waals surface area (Å²) in [5, 5.41) is 14.5. The number of benzene rings is 1. The van der Waals surface area contributed by atoms with Gasteiger partial charge in [0, 0.05) is 0 Å². The van der Waals surface area contributed by atoms with Gasteiger partial charge in [0.25, 0.3) is 5.56 Å². The second-order valence-corrected chi connectivity index (χ2v) is 4.81. The fourth-order valence-corrected chi connectivity index (χ4v) is 2.34. The van der Waals surface area contributed by atoms with Crippen LogP contribution in [0.3, 0.4) is 0 Å². The molecule has 6 heteroatoms. The molecular formula is C15H14N4O2. The molecule has 0 aliphatic carbocycles. The number of allylic oxidation sites excluding steroid dienone is 1. The van der Waals surface area contributed by atoms with Gasteiger partial charge in [-0.3, -0.25) is 9.78 Å². The minimum absolute atomic E-state index is 0.222. The first-order valence-corrected chi connectivity index (χ1v) is 6.35. The van der Waals surface area contributed by atoms with Crippen LogP contribution in [0.4, 0.5) is 5.82 Å². The molecule has 0 unspecified atom stereocenters. The van der Waals surface area contributed by atoms with Gasteiger partial charge in [0.05, 0.1) is 11.3 Å². The first-order valence-electron chi connectivity index (χ1n) is 6.35. The molecule has 0 bridgehead atoms. The number of hydrogen-bond acceptors (Lipinski definition) is 4. The second kappa shape index (κ2) is 4.52. The van der Waals surface area contributed by atoms with Crippen molar-refractivity contribution < 1.29 is 5.11 Å². The van der Waals surface area contributed by atoms with Crippen molar-refractivity contribution in [3.8, 4) is 11.6 Å². The Balaban J connectivity index is 2.45. The van der Waals surface area contributed by atoms with Crippen LogP contribution in [-0.2, 0) is 0 Å². The SMILES string of the molecule is C=C(C)c1c(O)[nH]c(=O)c2c(N)n(-c3ccccc3)nc12. The Morgan fingerprint density at radius 2 is 2.05 bits per heavy atom. The molecule has 0 fully saturated rings. The zero-order chi connectivity index (χ0) is 15.1. The molecule has 2 aromatic heterocycles. The van der Waals surface area contributed by atoms with Crippen molar-refractivity contribution in [3.05, 3.63) is 52.8 Å². The van der Waals surface area contributed by atoms with Crippen molar-refractivity contribution in [2.24, 2.45) is 0 Å². The van der Waals surface area contributed by atoms with E-state index in [4.69, 9.17) is 5.73 Å². The maximum atomic E-state index is 12.1. The van der Waals surface area contributed by atoms with Crippen molar-refractivity contribution in [2.75, 3.05) is 5.73 Å². The number of fused-ring (bicyclic) bond motifs is 1. The average molecular weight is 282 g/mol. The average Bonchev–Trinajstić information content (AvgIpc) is 2.77. The number of para-hydroxylation sites is 1. The number of aromatic nitrogens is 3. The van der Waals surface area contributed by atoms with Gasteiger partial charge >= 0.3 is 0 Å². The second-order valence-electron chi connectivity index (χ2n) is 4.81. The number of rotatable bonds is 2. The van der Waals surface area contributed by atoms with E-state index in [9.17, 15) is 9.90 Å². The lowest BCUT2D eigenvalue weighted by Gasteiger charge is -2.03. The van der Waals surface area contributed by atoms with Gasteiger partial charge in [-0.2, -0.15) is 5.10 Å². The molecule has 106 valence electrons. The first kappa shape index (κ1) is 13.0. The van der Waals surface area contributed by atoms with Crippen LogP contribution < -0.4 is 11.3 Å². The molecular weight excluding hydrogens is 268 g/mol. The van der Waals surface area contributed by atoms with Gasteiger partial charge in [-0.15, -0.1) is 0 Å². The molecule has 0 spiro atoms. The van der Waals surface area contributed by atoms with E-state index in [0.717, 1.165) is 5.69 Å². The van der Waals surface area contributed by atoms with Gasteiger partial charge in [0.15, 0.2) is 0 Å². The van der Waals surface area contributed by atoms with Crippen molar-refractivity contribution in [1.82, 2.24) is 14.8 Å². The number of anilines is 1. The summed E-state index contributed by atoms with van der Waals surface area (Å²) in [6.45, 7) is 5.53. The van der Waals surface area contributed by atoms with Crippen molar-refractivity contribution in [1.29, 1.82) is 0 Å². The number of nitrogens with zero attached hydrogens (tertiary/aromatic N) is 2. The maximum Gasteiger partial charge on any atom is 0.264 e. The summed E-state index contributed by atoms with van der Waals surface area (Å²) in [6.07, 6.45) is 0. The van der Waals surface area contributed by atoms with E-state index in [1.165, 1.54) is 4.68 Å². The predicted octanol–water partition coefficient (Wildman–Crippen LogP) is 2.03. The normalized spacial score (nSPS) is 10.9. The number of hydrogen-bond donors (Lipinski definition) is 3. The molecule has 0 aliphatic rings. The summed E-state index contributed by atoms with van der Waals surface area (Å²) in [5.74, 6) is -0.0299. The van der Waals surface area contributed by atoms with Crippen molar-refractivity contribution in [3.63, 3.8) is 0 Å². The molecule has 4 N–H and O–H groups in total. The van der Waals surface area contributed by atoms with Gasteiger partial charge in [-0.1, -0.05) is 24.8 Å². The highest BCUT2D eigenvalue weighted by Crippen LogP contribution is 2.31. The highest BCUT2D eigenvalue weighted by Gasteiger charge is 2.20. The van der Waals surface area contributed by atoms with E-state index in [1.807, 2.05) is 30.3 Å². The number of nitrogens with one attached hydrogen (secondary N) is 1. The molecule has 2 heterocycles. The Morgan fingerprint density at radius 3 is 2.67 bits per heavy atom. The minimum Gasteiger partial charge on any atom is -0.494 e.